The van der Waals surface area contributed by atoms with Crippen LogP contribution >= 0.6 is 0 Å². The van der Waals surface area contributed by atoms with Crippen molar-refractivity contribution >= 4 is 43.6 Å². The van der Waals surface area contributed by atoms with Crippen LogP contribution in [0.5, 0.6) is 0 Å². The summed E-state index contributed by atoms with van der Waals surface area (Å²) in [5.41, 5.74) is 11.8. The first-order valence-corrected chi connectivity index (χ1v) is 16.9. The van der Waals surface area contributed by atoms with Gasteiger partial charge in [-0.1, -0.05) is 133 Å². The Hall–Kier alpha value is -6.78. The van der Waals surface area contributed by atoms with E-state index in [1.165, 1.54) is 27.4 Å². The molecule has 0 aliphatic heterocycles. The third kappa shape index (κ3) is 4.54. The van der Waals surface area contributed by atoms with E-state index >= 15 is 0 Å². The Kier molecular flexibility index (Phi) is 6.46. The summed E-state index contributed by atoms with van der Waals surface area (Å²) in [5.74, 6) is 0.642. The molecule has 3 heterocycles. The van der Waals surface area contributed by atoms with Gasteiger partial charge in [0.2, 0.25) is 5.95 Å². The van der Waals surface area contributed by atoms with Crippen molar-refractivity contribution in [1.29, 1.82) is 0 Å². The number of benzene rings is 7. The van der Waals surface area contributed by atoms with E-state index < -0.39 is 0 Å². The minimum absolute atomic E-state index is 0.642. The third-order valence-electron chi connectivity index (χ3n) is 9.73. The molecule has 0 fully saturated rings. The van der Waals surface area contributed by atoms with E-state index in [1.54, 1.807) is 0 Å². The zero-order valence-corrected chi connectivity index (χ0v) is 27.1. The fourth-order valence-electron chi connectivity index (χ4n) is 7.43. The Morgan fingerprint density at radius 1 is 0.300 bits per heavy atom. The molecule has 0 radical (unpaired) electrons. The molecule has 0 aliphatic rings. The quantitative estimate of drug-likeness (QED) is 0.188. The molecule has 0 N–H and O–H groups in total. The second-order valence-electron chi connectivity index (χ2n) is 12.7. The Bertz CT molecular complexity index is 2850. The number of hydrogen-bond acceptors (Lipinski definition) is 2. The molecular formula is C46H30N4. The second kappa shape index (κ2) is 11.4. The Balaban J connectivity index is 1.27. The van der Waals surface area contributed by atoms with Crippen LogP contribution in [0.25, 0.3) is 88.9 Å². The van der Waals surface area contributed by atoms with Crippen molar-refractivity contribution in [3.05, 3.63) is 182 Å². The van der Waals surface area contributed by atoms with E-state index in [0.717, 1.165) is 55.6 Å². The van der Waals surface area contributed by atoms with Crippen molar-refractivity contribution in [1.82, 2.24) is 19.1 Å². The van der Waals surface area contributed by atoms with E-state index in [2.05, 4.69) is 185 Å². The second-order valence-corrected chi connectivity index (χ2v) is 12.7. The van der Waals surface area contributed by atoms with Crippen LogP contribution in [0.3, 0.4) is 0 Å². The van der Waals surface area contributed by atoms with Crippen molar-refractivity contribution in [2.75, 3.05) is 0 Å². The lowest BCUT2D eigenvalue weighted by molar-refractivity contribution is 0.996. The molecule has 4 nitrogen and oxygen atoms in total. The molecule has 10 aromatic rings. The van der Waals surface area contributed by atoms with E-state index in [-0.39, 0.29) is 0 Å². The predicted molar refractivity (Wildman–Crippen MR) is 207 cm³/mol. The topological polar surface area (TPSA) is 35.6 Å². The van der Waals surface area contributed by atoms with Crippen LogP contribution in [0.1, 0.15) is 0 Å². The SMILES string of the molecule is c1ccc(-c2cccc(-c3cc(-c4ccccc4)nc(-n4c5ccccc5c5cc6c(cc54)c4ccccc4n6-c4ccccc4)n3)c2)cc1. The van der Waals surface area contributed by atoms with Crippen molar-refractivity contribution in [2.24, 2.45) is 0 Å². The number of para-hydroxylation sites is 3. The summed E-state index contributed by atoms with van der Waals surface area (Å²) in [6.45, 7) is 0. The molecule has 0 saturated carbocycles. The van der Waals surface area contributed by atoms with Crippen LogP contribution in [0.2, 0.25) is 0 Å². The van der Waals surface area contributed by atoms with Crippen molar-refractivity contribution in [3.63, 3.8) is 0 Å². The third-order valence-corrected chi connectivity index (χ3v) is 9.73. The lowest BCUT2D eigenvalue weighted by Gasteiger charge is -2.12. The van der Waals surface area contributed by atoms with Gasteiger partial charge >= 0.3 is 0 Å². The summed E-state index contributed by atoms with van der Waals surface area (Å²) < 4.78 is 4.62. The van der Waals surface area contributed by atoms with Crippen LogP contribution < -0.4 is 0 Å². The highest BCUT2D eigenvalue weighted by Gasteiger charge is 2.20. The fourth-order valence-corrected chi connectivity index (χ4v) is 7.43. The molecule has 234 valence electrons. The molecule has 10 rings (SSSR count). The number of hydrogen-bond donors (Lipinski definition) is 0. The van der Waals surface area contributed by atoms with Gasteiger partial charge in [-0.25, -0.2) is 9.97 Å². The van der Waals surface area contributed by atoms with Crippen LogP contribution in [0.15, 0.2) is 182 Å². The summed E-state index contributed by atoms with van der Waals surface area (Å²) in [6.07, 6.45) is 0. The Labute approximate surface area is 289 Å². The minimum Gasteiger partial charge on any atom is -0.309 e. The molecule has 0 spiro atoms. The standard InChI is InChI=1S/C46H30N4/c1-4-15-31(16-5-1)33-19-14-20-34(27-33)41-30-40(32-17-6-2-7-18-32)47-46(48-41)50-43-26-13-11-24-37(43)39-28-44-38(29-45(39)50)36-23-10-12-25-42(36)49(44)35-21-8-3-9-22-35/h1-30H. The number of rotatable bonds is 5. The summed E-state index contributed by atoms with van der Waals surface area (Å²) in [6, 6.07) is 64.2. The number of aromatic nitrogens is 4. The van der Waals surface area contributed by atoms with Gasteiger partial charge in [0.15, 0.2) is 0 Å². The van der Waals surface area contributed by atoms with Crippen molar-refractivity contribution in [2.45, 2.75) is 0 Å². The van der Waals surface area contributed by atoms with Gasteiger partial charge in [0.25, 0.3) is 0 Å². The Morgan fingerprint density at radius 2 is 0.780 bits per heavy atom. The average molecular weight is 639 g/mol. The number of nitrogens with zero attached hydrogens (tertiary/aromatic N) is 4. The van der Waals surface area contributed by atoms with Gasteiger partial charge in [-0.05, 0) is 59.7 Å². The maximum atomic E-state index is 5.35. The largest absolute Gasteiger partial charge is 0.309 e. The monoisotopic (exact) mass is 638 g/mol. The molecule has 7 aromatic carbocycles. The molecule has 0 bridgehead atoms. The van der Waals surface area contributed by atoms with Gasteiger partial charge in [-0.15, -0.1) is 0 Å². The first kappa shape index (κ1) is 28.3. The smallest absolute Gasteiger partial charge is 0.235 e. The molecule has 3 aromatic heterocycles. The molecular weight excluding hydrogens is 609 g/mol. The average Bonchev–Trinajstić information content (AvgIpc) is 3.70. The highest BCUT2D eigenvalue weighted by atomic mass is 15.2. The molecule has 0 saturated heterocycles. The summed E-state index contributed by atoms with van der Waals surface area (Å²) in [4.78, 5) is 10.6. The summed E-state index contributed by atoms with van der Waals surface area (Å²) in [5, 5.41) is 4.73. The first-order chi connectivity index (χ1) is 24.8. The van der Waals surface area contributed by atoms with Crippen molar-refractivity contribution in [3.8, 4) is 45.3 Å². The lowest BCUT2D eigenvalue weighted by Crippen LogP contribution is -2.04. The summed E-state index contributed by atoms with van der Waals surface area (Å²) >= 11 is 0. The lowest BCUT2D eigenvalue weighted by atomic mass is 10.0. The molecule has 0 unspecified atom stereocenters. The van der Waals surface area contributed by atoms with Crippen LogP contribution in [-0.2, 0) is 0 Å². The van der Waals surface area contributed by atoms with Gasteiger partial charge in [0, 0.05) is 38.4 Å². The van der Waals surface area contributed by atoms with Gasteiger partial charge in [0.1, 0.15) is 0 Å². The first-order valence-electron chi connectivity index (χ1n) is 16.9. The van der Waals surface area contributed by atoms with Gasteiger partial charge in [-0.3, -0.25) is 4.57 Å². The van der Waals surface area contributed by atoms with E-state index in [9.17, 15) is 0 Å². The fraction of sp³-hybridized carbons (Fsp3) is 0. The van der Waals surface area contributed by atoms with Crippen LogP contribution in [0.4, 0.5) is 0 Å². The highest BCUT2D eigenvalue weighted by molar-refractivity contribution is 6.18. The number of fused-ring (bicyclic) bond motifs is 6. The van der Waals surface area contributed by atoms with Gasteiger partial charge < -0.3 is 4.57 Å². The molecule has 0 atom stereocenters. The minimum atomic E-state index is 0.642. The normalized spacial score (nSPS) is 11.6. The van der Waals surface area contributed by atoms with Gasteiger partial charge in [-0.2, -0.15) is 0 Å². The van der Waals surface area contributed by atoms with Crippen LogP contribution in [0, 0.1) is 0 Å². The van der Waals surface area contributed by atoms with E-state index in [0.29, 0.717) is 5.95 Å². The van der Waals surface area contributed by atoms with E-state index in [1.807, 2.05) is 6.07 Å². The van der Waals surface area contributed by atoms with Crippen LogP contribution in [-0.4, -0.2) is 19.1 Å². The zero-order valence-electron chi connectivity index (χ0n) is 27.1. The molecule has 4 heteroatoms. The molecule has 0 amide bonds. The van der Waals surface area contributed by atoms with E-state index in [4.69, 9.17) is 9.97 Å². The Morgan fingerprint density at radius 3 is 1.44 bits per heavy atom. The summed E-state index contributed by atoms with van der Waals surface area (Å²) in [7, 11) is 0. The maximum Gasteiger partial charge on any atom is 0.235 e. The van der Waals surface area contributed by atoms with Crippen molar-refractivity contribution < 1.29 is 0 Å². The zero-order chi connectivity index (χ0) is 33.0. The predicted octanol–water partition coefficient (Wildman–Crippen LogP) is 11.7. The molecule has 0 aliphatic carbocycles. The maximum absolute atomic E-state index is 5.35. The highest BCUT2D eigenvalue weighted by Crippen LogP contribution is 2.40. The van der Waals surface area contributed by atoms with Gasteiger partial charge in [0.05, 0.1) is 33.5 Å². The molecule has 50 heavy (non-hydrogen) atoms.